The topological polar surface area (TPSA) is 86.8 Å². The molecule has 4 rings (SSSR count). The van der Waals surface area contributed by atoms with Crippen LogP contribution in [-0.2, 0) is 4.74 Å². The molecule has 0 saturated carbocycles. The predicted octanol–water partition coefficient (Wildman–Crippen LogP) is 3.18. The van der Waals surface area contributed by atoms with Crippen molar-refractivity contribution in [2.45, 2.75) is 38.2 Å². The lowest BCUT2D eigenvalue weighted by Gasteiger charge is -2.16. The summed E-state index contributed by atoms with van der Waals surface area (Å²) >= 11 is 1.45. The fourth-order valence-corrected chi connectivity index (χ4v) is 5.29. The van der Waals surface area contributed by atoms with Crippen molar-refractivity contribution in [1.29, 1.82) is 0 Å². The van der Waals surface area contributed by atoms with Crippen molar-refractivity contribution in [2.24, 2.45) is 0 Å². The molecule has 1 aromatic heterocycles. The molecule has 0 radical (unpaired) electrons. The van der Waals surface area contributed by atoms with Crippen LogP contribution in [0, 0.1) is 0 Å². The Morgan fingerprint density at radius 1 is 1.21 bits per heavy atom. The molecular formula is C24H33N5O3S. The van der Waals surface area contributed by atoms with Gasteiger partial charge in [-0.15, -0.1) is 11.3 Å². The maximum Gasteiger partial charge on any atom is 0.275 e. The lowest BCUT2D eigenvalue weighted by molar-refractivity contribution is 0.0954. The average Bonchev–Trinajstić information content (AvgIpc) is 3.57. The summed E-state index contributed by atoms with van der Waals surface area (Å²) in [5.41, 5.74) is 2.51. The number of nitrogens with one attached hydrogen (secondary N) is 2. The zero-order valence-electron chi connectivity index (χ0n) is 19.6. The van der Waals surface area contributed by atoms with E-state index < -0.39 is 0 Å². The first-order chi connectivity index (χ1) is 16.0. The SMILES string of the molecule is CCCNC(=O)c1cc(C2CCN(C)C2)ccc1NC(=O)c1csc(N2CC[C@H](OC)C2)n1. The summed E-state index contributed by atoms with van der Waals surface area (Å²) in [4.78, 5) is 34.9. The minimum atomic E-state index is -0.308. The van der Waals surface area contributed by atoms with Gasteiger partial charge in [-0.25, -0.2) is 4.98 Å². The summed E-state index contributed by atoms with van der Waals surface area (Å²) < 4.78 is 5.43. The van der Waals surface area contributed by atoms with Crippen LogP contribution < -0.4 is 15.5 Å². The number of hydrogen-bond donors (Lipinski definition) is 2. The Kier molecular flexibility index (Phi) is 7.62. The van der Waals surface area contributed by atoms with E-state index in [1.165, 1.54) is 11.3 Å². The van der Waals surface area contributed by atoms with Crippen LogP contribution in [0.4, 0.5) is 10.8 Å². The molecule has 2 aliphatic rings. The zero-order chi connectivity index (χ0) is 23.4. The van der Waals surface area contributed by atoms with Crippen molar-refractivity contribution in [3.63, 3.8) is 0 Å². The minimum absolute atomic E-state index is 0.165. The van der Waals surface area contributed by atoms with E-state index in [0.29, 0.717) is 29.4 Å². The quantitative estimate of drug-likeness (QED) is 0.615. The number of nitrogens with zero attached hydrogens (tertiary/aromatic N) is 3. The van der Waals surface area contributed by atoms with E-state index >= 15 is 0 Å². The lowest BCUT2D eigenvalue weighted by Crippen LogP contribution is -2.26. The molecule has 1 aromatic carbocycles. The second-order valence-corrected chi connectivity index (χ2v) is 9.71. The summed E-state index contributed by atoms with van der Waals surface area (Å²) in [6.45, 7) is 6.29. The fourth-order valence-electron chi connectivity index (χ4n) is 4.45. The molecule has 2 saturated heterocycles. The van der Waals surface area contributed by atoms with Crippen molar-refractivity contribution in [3.05, 3.63) is 40.4 Å². The molecule has 0 aliphatic carbocycles. The van der Waals surface area contributed by atoms with Gasteiger partial charge >= 0.3 is 0 Å². The minimum Gasteiger partial charge on any atom is -0.380 e. The van der Waals surface area contributed by atoms with Gasteiger partial charge in [-0.05, 0) is 56.5 Å². The highest BCUT2D eigenvalue weighted by atomic mass is 32.1. The van der Waals surface area contributed by atoms with Gasteiger partial charge in [0.25, 0.3) is 11.8 Å². The Morgan fingerprint density at radius 3 is 2.76 bits per heavy atom. The first-order valence-electron chi connectivity index (χ1n) is 11.6. The number of hydrogen-bond acceptors (Lipinski definition) is 7. The highest BCUT2D eigenvalue weighted by Gasteiger charge is 2.26. The maximum atomic E-state index is 13.0. The molecule has 2 N–H and O–H groups in total. The number of rotatable bonds is 8. The number of ether oxygens (including phenoxy) is 1. The maximum absolute atomic E-state index is 13.0. The first kappa shape index (κ1) is 23.7. The molecule has 2 aromatic rings. The van der Waals surface area contributed by atoms with Crippen molar-refractivity contribution in [1.82, 2.24) is 15.2 Å². The molecule has 33 heavy (non-hydrogen) atoms. The average molecular weight is 472 g/mol. The highest BCUT2D eigenvalue weighted by Crippen LogP contribution is 2.30. The van der Waals surface area contributed by atoms with Crippen LogP contribution >= 0.6 is 11.3 Å². The van der Waals surface area contributed by atoms with Gasteiger partial charge in [-0.1, -0.05) is 13.0 Å². The van der Waals surface area contributed by atoms with Crippen LogP contribution in [0.25, 0.3) is 0 Å². The van der Waals surface area contributed by atoms with Gasteiger partial charge < -0.3 is 25.2 Å². The fraction of sp³-hybridized carbons (Fsp3) is 0.542. The van der Waals surface area contributed by atoms with E-state index in [1.54, 1.807) is 12.5 Å². The largest absolute Gasteiger partial charge is 0.380 e. The van der Waals surface area contributed by atoms with E-state index in [9.17, 15) is 9.59 Å². The predicted molar refractivity (Wildman–Crippen MR) is 132 cm³/mol. The molecule has 1 unspecified atom stereocenters. The van der Waals surface area contributed by atoms with Crippen molar-refractivity contribution >= 4 is 34.0 Å². The van der Waals surface area contributed by atoms with Gasteiger partial charge in [-0.3, -0.25) is 9.59 Å². The summed E-state index contributed by atoms with van der Waals surface area (Å²) in [7, 11) is 3.84. The zero-order valence-corrected chi connectivity index (χ0v) is 20.4. The number of aromatic nitrogens is 1. The Hall–Kier alpha value is -2.49. The molecule has 0 bridgehead atoms. The highest BCUT2D eigenvalue weighted by molar-refractivity contribution is 7.14. The molecule has 2 amide bonds. The van der Waals surface area contributed by atoms with Crippen molar-refractivity contribution < 1.29 is 14.3 Å². The Labute approximate surface area is 199 Å². The van der Waals surface area contributed by atoms with Crippen molar-refractivity contribution in [2.75, 3.05) is 57.1 Å². The number of anilines is 2. The summed E-state index contributed by atoms with van der Waals surface area (Å²) in [6, 6.07) is 5.81. The monoisotopic (exact) mass is 471 g/mol. The lowest BCUT2D eigenvalue weighted by atomic mass is 9.95. The van der Waals surface area contributed by atoms with E-state index in [2.05, 4.69) is 32.5 Å². The van der Waals surface area contributed by atoms with E-state index in [4.69, 9.17) is 4.74 Å². The molecule has 0 spiro atoms. The van der Waals surface area contributed by atoms with Crippen LogP contribution in [0.5, 0.6) is 0 Å². The van der Waals surface area contributed by atoms with Gasteiger partial charge in [0, 0.05) is 38.7 Å². The molecule has 3 heterocycles. The third kappa shape index (κ3) is 5.54. The van der Waals surface area contributed by atoms with Gasteiger partial charge in [0.15, 0.2) is 5.13 Å². The van der Waals surface area contributed by atoms with E-state index in [0.717, 1.165) is 56.1 Å². The van der Waals surface area contributed by atoms with E-state index in [1.807, 2.05) is 25.1 Å². The van der Waals surface area contributed by atoms with Crippen LogP contribution in [0.3, 0.4) is 0 Å². The van der Waals surface area contributed by atoms with Crippen LogP contribution in [0.1, 0.15) is 58.5 Å². The number of carbonyl (C=O) groups is 2. The molecule has 2 atom stereocenters. The van der Waals surface area contributed by atoms with Gasteiger partial charge in [0.2, 0.25) is 0 Å². The molecule has 2 aliphatic heterocycles. The smallest absolute Gasteiger partial charge is 0.275 e. The number of likely N-dealkylation sites (tertiary alicyclic amines) is 1. The molecule has 2 fully saturated rings. The van der Waals surface area contributed by atoms with Gasteiger partial charge in [-0.2, -0.15) is 0 Å². The van der Waals surface area contributed by atoms with Gasteiger partial charge in [0.1, 0.15) is 5.69 Å². The third-order valence-corrected chi connectivity index (χ3v) is 7.31. The number of amides is 2. The molecule has 178 valence electrons. The van der Waals surface area contributed by atoms with Gasteiger partial charge in [0.05, 0.1) is 17.4 Å². The number of thiazole rings is 1. The Morgan fingerprint density at radius 2 is 2.06 bits per heavy atom. The van der Waals surface area contributed by atoms with Crippen molar-refractivity contribution in [3.8, 4) is 0 Å². The van der Waals surface area contributed by atoms with E-state index in [-0.39, 0.29) is 17.9 Å². The van der Waals surface area contributed by atoms with Crippen LogP contribution in [-0.4, -0.2) is 74.7 Å². The summed E-state index contributed by atoms with van der Waals surface area (Å²) in [5, 5.41) is 8.46. The number of methoxy groups -OCH3 is 1. The normalized spacial score (nSPS) is 20.9. The summed E-state index contributed by atoms with van der Waals surface area (Å²) in [5.74, 6) is -0.0742. The number of benzene rings is 1. The number of carbonyl (C=O) groups excluding carboxylic acids is 2. The second kappa shape index (κ2) is 10.6. The molecule has 9 heteroatoms. The third-order valence-electron chi connectivity index (χ3n) is 6.41. The number of likely N-dealkylation sites (N-methyl/N-ethyl adjacent to an activating group) is 1. The first-order valence-corrected chi connectivity index (χ1v) is 12.5. The molecular weight excluding hydrogens is 438 g/mol. The second-order valence-electron chi connectivity index (χ2n) is 8.87. The van der Waals surface area contributed by atoms with Crippen LogP contribution in [0.15, 0.2) is 23.6 Å². The Bertz CT molecular complexity index is 994. The Balaban J connectivity index is 1.51. The molecule has 8 nitrogen and oxygen atoms in total. The standard InChI is InChI=1S/C24H33N5O3S/c1-4-9-25-22(30)19-12-16(17-7-10-28(2)13-17)5-6-20(19)26-23(31)21-15-33-24(27-21)29-11-8-18(14-29)32-3/h5-6,12,15,17-18H,4,7-11,13-14H2,1-3H3,(H,25,30)(H,26,31)/t17?,18-/m0/s1. The summed E-state index contributed by atoms with van der Waals surface area (Å²) in [6.07, 6.45) is 3.08. The van der Waals surface area contributed by atoms with Crippen LogP contribution in [0.2, 0.25) is 0 Å².